The Kier molecular flexibility index (Phi) is 6.74. The van der Waals surface area contributed by atoms with Gasteiger partial charge in [-0.3, -0.25) is 9.59 Å². The number of hydrogen-bond acceptors (Lipinski definition) is 6. The molecule has 0 aliphatic carbocycles. The topological polar surface area (TPSA) is 92.8 Å². The Morgan fingerprint density at radius 3 is 2.37 bits per heavy atom. The molecule has 7 nitrogen and oxygen atoms in total. The molecule has 1 aromatic carbocycles. The molecule has 0 bridgehead atoms. The van der Waals surface area contributed by atoms with Crippen LogP contribution < -0.4 is 5.32 Å². The van der Waals surface area contributed by atoms with E-state index in [0.717, 1.165) is 26.8 Å². The number of benzene rings is 1. The third kappa shape index (κ3) is 5.15. The first-order valence-electron chi connectivity index (χ1n) is 8.19. The van der Waals surface area contributed by atoms with Crippen molar-refractivity contribution in [2.45, 2.75) is 31.1 Å². The van der Waals surface area contributed by atoms with Gasteiger partial charge in [0, 0.05) is 12.7 Å². The second kappa shape index (κ2) is 8.64. The monoisotopic (exact) mass is 410 g/mol. The number of hydrogen-bond donors (Lipinski definition) is 1. The normalized spacial score (nSPS) is 12.6. The largest absolute Gasteiger partial charge is 0.452 e. The minimum atomic E-state index is -3.76. The number of esters is 1. The lowest BCUT2D eigenvalue weighted by atomic mass is 10.1. The highest BCUT2D eigenvalue weighted by atomic mass is 32.2. The maximum atomic E-state index is 12.3. The summed E-state index contributed by atoms with van der Waals surface area (Å²) in [4.78, 5) is 24.4. The van der Waals surface area contributed by atoms with Gasteiger partial charge in [-0.1, -0.05) is 24.3 Å². The number of aryl methyl sites for hydroxylation is 2. The standard InChI is InChI=1S/C18H22N2O5S2/c1-12-7-5-8-13(2)17(12)19-18(22)14(3)25-15(21)11-20(4)27(23,24)16-9-6-10-26-16/h5-10,14H,11H2,1-4H3,(H,19,22)/t14-/m0/s1. The fraction of sp³-hybridized carbons (Fsp3) is 0.333. The number of para-hydroxylation sites is 1. The molecule has 2 aromatic rings. The van der Waals surface area contributed by atoms with Gasteiger partial charge in [0.2, 0.25) is 0 Å². The van der Waals surface area contributed by atoms with Crippen molar-refractivity contribution >= 4 is 38.9 Å². The first kappa shape index (κ1) is 21.1. The quantitative estimate of drug-likeness (QED) is 0.708. The van der Waals surface area contributed by atoms with E-state index in [1.165, 1.54) is 20.0 Å². The van der Waals surface area contributed by atoms with Crippen molar-refractivity contribution < 1.29 is 22.7 Å². The smallest absolute Gasteiger partial charge is 0.322 e. The van der Waals surface area contributed by atoms with E-state index in [4.69, 9.17) is 4.74 Å². The number of rotatable bonds is 7. The van der Waals surface area contributed by atoms with Crippen LogP contribution in [0.4, 0.5) is 5.69 Å². The third-order valence-corrected chi connectivity index (χ3v) is 7.09. The number of nitrogens with zero attached hydrogens (tertiary/aromatic N) is 1. The minimum absolute atomic E-state index is 0.138. The van der Waals surface area contributed by atoms with Crippen molar-refractivity contribution in [1.82, 2.24) is 4.31 Å². The summed E-state index contributed by atoms with van der Waals surface area (Å²) >= 11 is 1.06. The molecule has 0 unspecified atom stereocenters. The van der Waals surface area contributed by atoms with Gasteiger partial charge in [0.15, 0.2) is 6.10 Å². The van der Waals surface area contributed by atoms with Gasteiger partial charge in [0.25, 0.3) is 15.9 Å². The summed E-state index contributed by atoms with van der Waals surface area (Å²) < 4.78 is 30.8. The molecule has 27 heavy (non-hydrogen) atoms. The summed E-state index contributed by atoms with van der Waals surface area (Å²) in [6, 6.07) is 8.69. The molecule has 146 valence electrons. The Balaban J connectivity index is 1.96. The first-order valence-corrected chi connectivity index (χ1v) is 10.5. The predicted molar refractivity (Wildman–Crippen MR) is 104 cm³/mol. The van der Waals surface area contributed by atoms with Crippen molar-refractivity contribution in [3.8, 4) is 0 Å². The number of anilines is 1. The van der Waals surface area contributed by atoms with E-state index in [-0.39, 0.29) is 4.21 Å². The maximum Gasteiger partial charge on any atom is 0.322 e. The van der Waals surface area contributed by atoms with Crippen LogP contribution in [-0.2, 0) is 24.3 Å². The molecule has 0 aliphatic heterocycles. The molecular weight excluding hydrogens is 388 g/mol. The second-order valence-electron chi connectivity index (χ2n) is 6.08. The Bertz CT molecular complexity index is 903. The summed E-state index contributed by atoms with van der Waals surface area (Å²) in [5, 5.41) is 4.38. The molecular formula is C18H22N2O5S2. The summed E-state index contributed by atoms with van der Waals surface area (Å²) in [7, 11) is -2.47. The van der Waals surface area contributed by atoms with E-state index in [0.29, 0.717) is 5.69 Å². The molecule has 0 radical (unpaired) electrons. The zero-order valence-corrected chi connectivity index (χ0v) is 17.2. The Hall–Kier alpha value is -2.23. The van der Waals surface area contributed by atoms with Crippen molar-refractivity contribution in [2.24, 2.45) is 0 Å². The van der Waals surface area contributed by atoms with Crippen LogP contribution in [0.5, 0.6) is 0 Å². The molecule has 1 amide bonds. The van der Waals surface area contributed by atoms with E-state index >= 15 is 0 Å². The third-order valence-electron chi connectivity index (χ3n) is 3.92. The van der Waals surface area contributed by atoms with Crippen molar-refractivity contribution in [1.29, 1.82) is 0 Å². The van der Waals surface area contributed by atoms with Crippen LogP contribution in [-0.4, -0.2) is 44.3 Å². The van der Waals surface area contributed by atoms with Crippen molar-refractivity contribution in [2.75, 3.05) is 18.9 Å². The van der Waals surface area contributed by atoms with Crippen LogP contribution in [0.3, 0.4) is 0 Å². The molecule has 2 rings (SSSR count). The van der Waals surface area contributed by atoms with Gasteiger partial charge in [-0.2, -0.15) is 4.31 Å². The average molecular weight is 411 g/mol. The summed E-state index contributed by atoms with van der Waals surface area (Å²) in [5.41, 5.74) is 2.45. The number of ether oxygens (including phenoxy) is 1. The molecule has 1 N–H and O–H groups in total. The molecule has 1 aromatic heterocycles. The molecule has 0 saturated heterocycles. The number of likely N-dealkylation sites (N-methyl/N-ethyl adjacent to an activating group) is 1. The fourth-order valence-corrected chi connectivity index (χ4v) is 4.67. The van der Waals surface area contributed by atoms with Crippen molar-refractivity contribution in [3.05, 3.63) is 46.8 Å². The minimum Gasteiger partial charge on any atom is -0.452 e. The summed E-state index contributed by atoms with van der Waals surface area (Å²) in [6.45, 7) is 4.68. The predicted octanol–water partition coefficient (Wildman–Crippen LogP) is 2.56. The second-order valence-corrected chi connectivity index (χ2v) is 9.30. The molecule has 0 spiro atoms. The zero-order valence-electron chi connectivity index (χ0n) is 15.6. The van der Waals surface area contributed by atoms with Gasteiger partial charge in [-0.05, 0) is 43.3 Å². The van der Waals surface area contributed by atoms with Crippen LogP contribution in [0.2, 0.25) is 0 Å². The van der Waals surface area contributed by atoms with E-state index in [1.54, 1.807) is 11.4 Å². The van der Waals surface area contributed by atoms with Gasteiger partial charge >= 0.3 is 5.97 Å². The van der Waals surface area contributed by atoms with Gasteiger partial charge in [0.1, 0.15) is 10.8 Å². The number of amides is 1. The Morgan fingerprint density at radius 2 is 1.81 bits per heavy atom. The lowest BCUT2D eigenvalue weighted by Gasteiger charge is -2.18. The number of carbonyl (C=O) groups is 2. The average Bonchev–Trinajstić information content (AvgIpc) is 3.13. The molecule has 0 fully saturated rings. The molecule has 0 saturated carbocycles. The number of sulfonamides is 1. The Labute approximate surface area is 163 Å². The first-order chi connectivity index (χ1) is 12.6. The number of nitrogens with one attached hydrogen (secondary N) is 1. The van der Waals surface area contributed by atoms with Crippen molar-refractivity contribution in [3.63, 3.8) is 0 Å². The van der Waals surface area contributed by atoms with E-state index in [2.05, 4.69) is 5.32 Å². The van der Waals surface area contributed by atoms with Crippen LogP contribution in [0, 0.1) is 13.8 Å². The lowest BCUT2D eigenvalue weighted by Crippen LogP contribution is -2.37. The van der Waals surface area contributed by atoms with E-state index < -0.39 is 34.5 Å². The highest BCUT2D eigenvalue weighted by Gasteiger charge is 2.26. The van der Waals surface area contributed by atoms with Gasteiger partial charge in [0.05, 0.1) is 0 Å². The van der Waals surface area contributed by atoms with E-state index in [1.807, 2.05) is 32.0 Å². The molecule has 0 aliphatic rings. The Morgan fingerprint density at radius 1 is 1.19 bits per heavy atom. The molecule has 1 heterocycles. The maximum absolute atomic E-state index is 12.3. The zero-order chi connectivity index (χ0) is 20.2. The number of carbonyl (C=O) groups excluding carboxylic acids is 2. The highest BCUT2D eigenvalue weighted by molar-refractivity contribution is 7.91. The van der Waals surface area contributed by atoms with Gasteiger partial charge in [-0.15, -0.1) is 11.3 Å². The summed E-state index contributed by atoms with van der Waals surface area (Å²) in [5.74, 6) is -1.29. The van der Waals surface area contributed by atoms with Crippen LogP contribution in [0.1, 0.15) is 18.1 Å². The van der Waals surface area contributed by atoms with Crippen LogP contribution in [0.15, 0.2) is 39.9 Å². The van der Waals surface area contributed by atoms with E-state index in [9.17, 15) is 18.0 Å². The fourth-order valence-electron chi connectivity index (χ4n) is 2.36. The number of thiophene rings is 1. The van der Waals surface area contributed by atoms with Gasteiger partial charge < -0.3 is 10.1 Å². The lowest BCUT2D eigenvalue weighted by molar-refractivity contribution is -0.153. The summed E-state index contributed by atoms with van der Waals surface area (Å²) in [6.07, 6.45) is -1.06. The SMILES string of the molecule is Cc1cccc(C)c1NC(=O)[C@H](C)OC(=O)CN(C)S(=O)(=O)c1cccs1. The highest BCUT2D eigenvalue weighted by Crippen LogP contribution is 2.21. The molecule has 9 heteroatoms. The van der Waals surface area contributed by atoms with Crippen LogP contribution in [0.25, 0.3) is 0 Å². The molecule has 1 atom stereocenters. The van der Waals surface area contributed by atoms with Gasteiger partial charge in [-0.25, -0.2) is 8.42 Å². The van der Waals surface area contributed by atoms with Crippen LogP contribution >= 0.6 is 11.3 Å².